The van der Waals surface area contributed by atoms with Crippen LogP contribution in [0.15, 0.2) is 36.8 Å². The average Bonchev–Trinajstić information content (AvgIpc) is 3.21. The van der Waals surface area contributed by atoms with Crippen molar-refractivity contribution in [3.05, 3.63) is 42.4 Å². The molecule has 170 valence electrons. The van der Waals surface area contributed by atoms with Crippen LogP contribution >= 0.6 is 0 Å². The van der Waals surface area contributed by atoms with E-state index in [0.717, 1.165) is 31.6 Å². The number of rotatable bonds is 6. The molecule has 32 heavy (non-hydrogen) atoms. The first kappa shape index (κ1) is 21.2. The number of imidazole rings is 1. The molecule has 2 bridgehead atoms. The zero-order valence-electron chi connectivity index (χ0n) is 17.5. The van der Waals surface area contributed by atoms with E-state index in [1.54, 1.807) is 22.9 Å². The number of anilines is 1. The summed E-state index contributed by atoms with van der Waals surface area (Å²) in [6.07, 6.45) is 6.32. The lowest BCUT2D eigenvalue weighted by molar-refractivity contribution is 0.151. The smallest absolute Gasteiger partial charge is 0.265 e. The lowest BCUT2D eigenvalue weighted by Crippen LogP contribution is -2.56. The maximum Gasteiger partial charge on any atom is 0.265 e. The molecule has 3 atom stereocenters. The summed E-state index contributed by atoms with van der Waals surface area (Å²) < 4.78 is 53.8. The van der Waals surface area contributed by atoms with Crippen molar-refractivity contribution in [2.45, 2.75) is 31.7 Å². The number of hydrogen-bond donors (Lipinski definition) is 1. The number of hydrogen-bond acceptors (Lipinski definition) is 6. The van der Waals surface area contributed by atoms with Gasteiger partial charge in [-0.1, -0.05) is 0 Å². The molecule has 6 rings (SSSR count). The van der Waals surface area contributed by atoms with Crippen molar-refractivity contribution in [2.75, 3.05) is 24.2 Å². The predicted octanol–water partition coefficient (Wildman–Crippen LogP) is 2.88. The van der Waals surface area contributed by atoms with Crippen LogP contribution in [0.25, 0.3) is 17.2 Å². The molecule has 3 aromatic rings. The molecule has 1 saturated carbocycles. The predicted molar refractivity (Wildman–Crippen MR) is 116 cm³/mol. The molecule has 2 saturated heterocycles. The summed E-state index contributed by atoms with van der Waals surface area (Å²) >= 11 is 0. The molecule has 8 nitrogen and oxygen atoms in total. The number of nitrogens with one attached hydrogen (secondary N) is 1. The molecule has 3 fully saturated rings. The van der Waals surface area contributed by atoms with Crippen LogP contribution in [0.3, 0.4) is 0 Å². The van der Waals surface area contributed by atoms with E-state index in [2.05, 4.69) is 19.6 Å². The van der Waals surface area contributed by atoms with E-state index in [1.807, 2.05) is 6.07 Å². The van der Waals surface area contributed by atoms with Gasteiger partial charge in [0.2, 0.25) is 10.0 Å². The Kier molecular flexibility index (Phi) is 5.32. The number of alkyl halides is 2. The van der Waals surface area contributed by atoms with Crippen molar-refractivity contribution < 1.29 is 17.2 Å². The highest BCUT2D eigenvalue weighted by Gasteiger charge is 2.41. The highest BCUT2D eigenvalue weighted by molar-refractivity contribution is 7.88. The van der Waals surface area contributed by atoms with Crippen LogP contribution in [-0.4, -0.2) is 53.2 Å². The fourth-order valence-corrected chi connectivity index (χ4v) is 5.52. The topological polar surface area (TPSA) is 92.5 Å². The van der Waals surface area contributed by atoms with Crippen LogP contribution in [0.5, 0.6) is 0 Å². The Morgan fingerprint density at radius 1 is 1.22 bits per heavy atom. The van der Waals surface area contributed by atoms with E-state index >= 15 is 0 Å². The van der Waals surface area contributed by atoms with Crippen molar-refractivity contribution in [3.8, 4) is 11.5 Å². The molecule has 0 radical (unpaired) electrons. The molecular formula is C21H24F2N6O2S. The number of sulfonamides is 1. The van der Waals surface area contributed by atoms with Gasteiger partial charge in [-0.05, 0) is 49.3 Å². The Hall–Kier alpha value is -2.66. The molecule has 1 aliphatic carbocycles. The molecule has 5 heterocycles. The Bertz CT molecular complexity index is 1250. The van der Waals surface area contributed by atoms with Crippen LogP contribution in [0, 0.1) is 11.8 Å². The van der Waals surface area contributed by atoms with Crippen molar-refractivity contribution in [3.63, 3.8) is 0 Å². The number of fused-ring (bicyclic) bond motifs is 4. The fourth-order valence-electron chi connectivity index (χ4n) is 5.00. The molecular weight excluding hydrogens is 438 g/mol. The van der Waals surface area contributed by atoms with E-state index in [0.29, 0.717) is 29.6 Å². The number of nitrogens with zero attached hydrogens (tertiary/aromatic N) is 5. The largest absolute Gasteiger partial charge is 0.353 e. The third-order valence-electron chi connectivity index (χ3n) is 6.46. The number of pyridine rings is 1. The maximum absolute atomic E-state index is 13.2. The first-order valence-electron chi connectivity index (χ1n) is 10.6. The number of halogens is 2. The minimum absolute atomic E-state index is 0.0949. The van der Waals surface area contributed by atoms with Gasteiger partial charge in [-0.25, -0.2) is 36.9 Å². The van der Waals surface area contributed by atoms with Crippen molar-refractivity contribution in [1.82, 2.24) is 24.1 Å². The van der Waals surface area contributed by atoms with Gasteiger partial charge in [0.05, 0.1) is 12.5 Å². The standard InChI is InChI=1S/C21H24F2N6O2S/c1-32(30,31)26-9-15-8-13-2-4-16(15)28(11-13)19-6-7-24-21(27-19)17-10-25-18-5-3-14(20(22)23)12-29(17)18/h3,5-7,10,12-13,15-16,20,26H,2,4,8-9,11H2,1H3/t13-,15?,16+/m0/s1. The molecule has 1 N–H and O–H groups in total. The summed E-state index contributed by atoms with van der Waals surface area (Å²) in [5.74, 6) is 1.86. The lowest BCUT2D eigenvalue weighted by Gasteiger charge is -2.50. The van der Waals surface area contributed by atoms with Crippen LogP contribution < -0.4 is 9.62 Å². The maximum atomic E-state index is 13.2. The SMILES string of the molecule is CS(=O)(=O)NCC1C[C@@H]2CC[C@H]1N(c1ccnc(-c3cnc4ccc(C(F)F)cn34)n1)C2. The van der Waals surface area contributed by atoms with E-state index in [-0.39, 0.29) is 17.5 Å². The molecule has 3 aromatic heterocycles. The summed E-state index contributed by atoms with van der Waals surface area (Å²) in [5.41, 5.74) is 0.992. The quantitative estimate of drug-likeness (QED) is 0.606. The van der Waals surface area contributed by atoms with Crippen LogP contribution in [-0.2, 0) is 10.0 Å². The highest BCUT2D eigenvalue weighted by atomic mass is 32.2. The summed E-state index contributed by atoms with van der Waals surface area (Å²) in [7, 11) is -3.25. The van der Waals surface area contributed by atoms with Crippen molar-refractivity contribution >= 4 is 21.5 Å². The monoisotopic (exact) mass is 462 g/mol. The summed E-state index contributed by atoms with van der Waals surface area (Å²) in [4.78, 5) is 15.7. The Morgan fingerprint density at radius 2 is 2.06 bits per heavy atom. The van der Waals surface area contributed by atoms with Crippen molar-refractivity contribution in [1.29, 1.82) is 0 Å². The summed E-state index contributed by atoms with van der Waals surface area (Å²) in [6.45, 7) is 1.28. The average molecular weight is 463 g/mol. The van der Waals surface area contributed by atoms with Gasteiger partial charge in [-0.15, -0.1) is 0 Å². The second-order valence-electron chi connectivity index (χ2n) is 8.65. The summed E-state index contributed by atoms with van der Waals surface area (Å²) in [6, 6.07) is 4.95. The Labute approximate surface area is 184 Å². The zero-order chi connectivity index (χ0) is 22.5. The van der Waals surface area contributed by atoms with Gasteiger partial charge in [-0.3, -0.25) is 4.40 Å². The molecule has 0 aromatic carbocycles. The zero-order valence-corrected chi connectivity index (χ0v) is 18.3. The normalized spacial score (nSPS) is 23.4. The molecule has 1 unspecified atom stereocenters. The minimum Gasteiger partial charge on any atom is -0.353 e. The third-order valence-corrected chi connectivity index (χ3v) is 7.15. The molecule has 2 aliphatic heterocycles. The highest BCUT2D eigenvalue weighted by Crippen LogP contribution is 2.41. The molecule has 0 amide bonds. The van der Waals surface area contributed by atoms with E-state index in [4.69, 9.17) is 4.98 Å². The first-order valence-corrected chi connectivity index (χ1v) is 12.5. The molecule has 11 heteroatoms. The van der Waals surface area contributed by atoms with Crippen LogP contribution in [0.1, 0.15) is 31.3 Å². The van der Waals surface area contributed by atoms with Crippen LogP contribution in [0.2, 0.25) is 0 Å². The minimum atomic E-state index is -3.25. The third kappa shape index (κ3) is 4.06. The van der Waals surface area contributed by atoms with Gasteiger partial charge in [-0.2, -0.15) is 0 Å². The van der Waals surface area contributed by atoms with Crippen molar-refractivity contribution in [2.24, 2.45) is 11.8 Å². The number of aromatic nitrogens is 4. The Morgan fingerprint density at radius 3 is 2.81 bits per heavy atom. The van der Waals surface area contributed by atoms with Gasteiger partial charge in [0.25, 0.3) is 6.43 Å². The second kappa shape index (κ2) is 8.04. The molecule has 0 spiro atoms. The van der Waals surface area contributed by atoms with E-state index < -0.39 is 16.4 Å². The van der Waals surface area contributed by atoms with Gasteiger partial charge in [0.15, 0.2) is 5.82 Å². The van der Waals surface area contributed by atoms with Crippen LogP contribution in [0.4, 0.5) is 14.6 Å². The van der Waals surface area contributed by atoms with E-state index in [9.17, 15) is 17.2 Å². The first-order chi connectivity index (χ1) is 15.3. The van der Waals surface area contributed by atoms with E-state index in [1.165, 1.54) is 18.5 Å². The van der Waals surface area contributed by atoms with Gasteiger partial charge >= 0.3 is 0 Å². The van der Waals surface area contributed by atoms with Gasteiger partial charge in [0, 0.05) is 37.1 Å². The number of piperidine rings is 2. The Balaban J connectivity index is 1.46. The lowest BCUT2D eigenvalue weighted by atomic mass is 9.73. The van der Waals surface area contributed by atoms with Gasteiger partial charge in [0.1, 0.15) is 17.2 Å². The second-order valence-corrected chi connectivity index (χ2v) is 10.5. The summed E-state index contributed by atoms with van der Waals surface area (Å²) in [5, 5.41) is 0. The van der Waals surface area contributed by atoms with Gasteiger partial charge < -0.3 is 4.90 Å². The fraction of sp³-hybridized carbons (Fsp3) is 0.476. The molecule has 3 aliphatic rings.